The third kappa shape index (κ3) is 4.31. The first-order valence-electron chi connectivity index (χ1n) is 4.26. The van der Waals surface area contributed by atoms with Crippen molar-refractivity contribution in [2.24, 2.45) is 10.8 Å². The Kier molecular flexibility index (Phi) is 4.47. The Labute approximate surface area is 109 Å². The van der Waals surface area contributed by atoms with Crippen LogP contribution in [-0.2, 0) is 6.18 Å². The van der Waals surface area contributed by atoms with Gasteiger partial charge in [-0.25, -0.2) is 0 Å². The molecule has 0 saturated carbocycles. The minimum absolute atomic E-state index is 0.0238. The number of nitrogens with two attached hydrogens (primary N) is 1. The number of alkyl halides is 3. The molecule has 0 saturated heterocycles. The van der Waals surface area contributed by atoms with Crippen LogP contribution < -0.4 is 11.2 Å². The van der Waals surface area contributed by atoms with Crippen molar-refractivity contribution >= 4 is 39.5 Å². The average Bonchev–Trinajstić information content (AvgIpc) is 2.18. The van der Waals surface area contributed by atoms with E-state index in [4.69, 9.17) is 5.73 Å². The number of hydrogen-bond donors (Lipinski definition) is 2. The van der Waals surface area contributed by atoms with Crippen LogP contribution in [0.25, 0.3) is 0 Å². The third-order valence-corrected chi connectivity index (χ3v) is 2.48. The van der Waals surface area contributed by atoms with Gasteiger partial charge < -0.3 is 5.73 Å². The fraction of sp³-hybridized carbons (Fsp3) is 0.111. The Morgan fingerprint density at radius 3 is 2.59 bits per heavy atom. The molecule has 0 bridgehead atoms. The van der Waals surface area contributed by atoms with Crippen molar-refractivity contribution in [2.45, 2.75) is 6.18 Å². The average molecular weight is 326 g/mol. The van der Waals surface area contributed by atoms with E-state index in [1.165, 1.54) is 12.3 Å². The van der Waals surface area contributed by atoms with Crippen LogP contribution in [0.5, 0.6) is 0 Å². The van der Waals surface area contributed by atoms with Gasteiger partial charge in [0.05, 0.1) is 11.8 Å². The minimum atomic E-state index is -4.37. The number of benzene rings is 1. The lowest BCUT2D eigenvalue weighted by atomic mass is 10.1. The number of thiocarbonyl (C=S) groups is 1. The normalized spacial score (nSPS) is 11.8. The van der Waals surface area contributed by atoms with E-state index in [0.717, 1.165) is 12.1 Å². The summed E-state index contributed by atoms with van der Waals surface area (Å²) in [6.45, 7) is 0. The van der Waals surface area contributed by atoms with Gasteiger partial charge in [-0.05, 0) is 24.4 Å². The third-order valence-electron chi connectivity index (χ3n) is 1.71. The van der Waals surface area contributed by atoms with Crippen LogP contribution in [0.15, 0.2) is 27.8 Å². The predicted molar refractivity (Wildman–Crippen MR) is 66.7 cm³/mol. The maximum Gasteiger partial charge on any atom is 0.416 e. The van der Waals surface area contributed by atoms with E-state index in [1.54, 1.807) is 0 Å². The fourth-order valence-corrected chi connectivity index (χ4v) is 1.51. The van der Waals surface area contributed by atoms with Crippen molar-refractivity contribution < 1.29 is 13.2 Å². The Balaban J connectivity index is 2.91. The number of hydrogen-bond acceptors (Lipinski definition) is 2. The van der Waals surface area contributed by atoms with Crippen LogP contribution >= 0.6 is 28.1 Å². The summed E-state index contributed by atoms with van der Waals surface area (Å²) in [4.78, 5) is 0. The van der Waals surface area contributed by atoms with Crippen molar-refractivity contribution in [3.05, 3.63) is 33.8 Å². The molecule has 3 nitrogen and oxygen atoms in total. The van der Waals surface area contributed by atoms with E-state index in [-0.39, 0.29) is 9.59 Å². The zero-order chi connectivity index (χ0) is 13.1. The van der Waals surface area contributed by atoms with E-state index in [2.05, 4.69) is 38.7 Å². The fourth-order valence-electron chi connectivity index (χ4n) is 0.974. The number of nitrogens with zero attached hydrogens (tertiary/aromatic N) is 1. The van der Waals surface area contributed by atoms with Crippen LogP contribution in [0.4, 0.5) is 13.2 Å². The predicted octanol–water partition coefficient (Wildman–Crippen LogP) is 2.64. The SMILES string of the molecule is NC(=S)NN=Cc1ccc(C(F)(F)F)cc1Br. The number of hydrazone groups is 1. The first kappa shape index (κ1) is 13.9. The quantitative estimate of drug-likeness (QED) is 0.499. The molecule has 0 aliphatic rings. The standard InChI is InChI=1S/C9H7BrF3N3S/c10-7-3-6(9(11,12)13)2-1-5(7)4-15-16-8(14)17/h1-4H,(H3,14,16,17). The molecule has 0 fully saturated rings. The first-order chi connectivity index (χ1) is 7.80. The molecule has 0 unspecified atom stereocenters. The van der Waals surface area contributed by atoms with E-state index < -0.39 is 11.7 Å². The summed E-state index contributed by atoms with van der Waals surface area (Å²) in [5.41, 5.74) is 7.16. The Hall–Kier alpha value is -1.15. The van der Waals surface area contributed by atoms with Crippen LogP contribution in [-0.4, -0.2) is 11.3 Å². The number of nitrogens with one attached hydrogen (secondary N) is 1. The smallest absolute Gasteiger partial charge is 0.375 e. The van der Waals surface area contributed by atoms with Crippen LogP contribution in [0.1, 0.15) is 11.1 Å². The van der Waals surface area contributed by atoms with Crippen molar-refractivity contribution in [2.75, 3.05) is 0 Å². The lowest BCUT2D eigenvalue weighted by Crippen LogP contribution is -2.24. The van der Waals surface area contributed by atoms with Gasteiger partial charge in [-0.15, -0.1) is 0 Å². The second kappa shape index (κ2) is 5.46. The highest BCUT2D eigenvalue weighted by atomic mass is 79.9. The highest BCUT2D eigenvalue weighted by molar-refractivity contribution is 9.10. The Morgan fingerprint density at radius 1 is 1.47 bits per heavy atom. The van der Waals surface area contributed by atoms with E-state index >= 15 is 0 Å². The molecule has 0 amide bonds. The molecule has 0 atom stereocenters. The van der Waals surface area contributed by atoms with Crippen LogP contribution in [0.2, 0.25) is 0 Å². The molecule has 0 heterocycles. The highest BCUT2D eigenvalue weighted by Crippen LogP contribution is 2.31. The Morgan fingerprint density at radius 2 is 2.12 bits per heavy atom. The number of halogens is 4. The molecule has 8 heteroatoms. The van der Waals surface area contributed by atoms with Crippen molar-refractivity contribution in [1.82, 2.24) is 5.43 Å². The van der Waals surface area contributed by atoms with Crippen molar-refractivity contribution in [3.63, 3.8) is 0 Å². The molecule has 0 spiro atoms. The molecular weight excluding hydrogens is 319 g/mol. The van der Waals surface area contributed by atoms with Gasteiger partial charge in [0.2, 0.25) is 0 Å². The van der Waals surface area contributed by atoms with Crippen LogP contribution in [0.3, 0.4) is 0 Å². The summed E-state index contributed by atoms with van der Waals surface area (Å²) in [5.74, 6) is 0. The zero-order valence-electron chi connectivity index (χ0n) is 8.25. The largest absolute Gasteiger partial charge is 0.416 e. The molecular formula is C9H7BrF3N3S. The van der Waals surface area contributed by atoms with E-state index in [0.29, 0.717) is 5.56 Å². The summed E-state index contributed by atoms with van der Waals surface area (Å²) in [6, 6.07) is 3.23. The summed E-state index contributed by atoms with van der Waals surface area (Å²) in [7, 11) is 0. The molecule has 1 rings (SSSR count). The van der Waals surface area contributed by atoms with Gasteiger partial charge in [0.15, 0.2) is 5.11 Å². The molecule has 0 radical (unpaired) electrons. The monoisotopic (exact) mass is 325 g/mol. The van der Waals surface area contributed by atoms with Gasteiger partial charge in [0.25, 0.3) is 0 Å². The zero-order valence-corrected chi connectivity index (χ0v) is 10.7. The molecule has 3 N–H and O–H groups in total. The van der Waals surface area contributed by atoms with Gasteiger partial charge in [0.1, 0.15) is 0 Å². The summed E-state index contributed by atoms with van der Waals surface area (Å²) in [5, 5.41) is 3.62. The lowest BCUT2D eigenvalue weighted by molar-refractivity contribution is -0.137. The van der Waals surface area contributed by atoms with E-state index in [1.807, 2.05) is 0 Å². The molecule has 1 aromatic rings. The number of rotatable bonds is 2. The van der Waals surface area contributed by atoms with Crippen LogP contribution in [0, 0.1) is 0 Å². The molecule has 0 aliphatic heterocycles. The molecule has 0 aliphatic carbocycles. The minimum Gasteiger partial charge on any atom is -0.375 e. The molecule has 17 heavy (non-hydrogen) atoms. The topological polar surface area (TPSA) is 50.4 Å². The molecule has 1 aromatic carbocycles. The van der Waals surface area contributed by atoms with Crippen molar-refractivity contribution in [1.29, 1.82) is 0 Å². The van der Waals surface area contributed by atoms with Gasteiger partial charge in [-0.3, -0.25) is 5.43 Å². The summed E-state index contributed by atoms with van der Waals surface area (Å²) >= 11 is 7.53. The summed E-state index contributed by atoms with van der Waals surface area (Å²) in [6.07, 6.45) is -3.06. The summed E-state index contributed by atoms with van der Waals surface area (Å²) < 4.78 is 37.3. The second-order valence-electron chi connectivity index (χ2n) is 2.97. The second-order valence-corrected chi connectivity index (χ2v) is 4.26. The highest BCUT2D eigenvalue weighted by Gasteiger charge is 2.30. The van der Waals surface area contributed by atoms with E-state index in [9.17, 15) is 13.2 Å². The maximum atomic E-state index is 12.4. The van der Waals surface area contributed by atoms with Gasteiger partial charge >= 0.3 is 6.18 Å². The first-order valence-corrected chi connectivity index (χ1v) is 5.46. The molecule has 92 valence electrons. The maximum absolute atomic E-state index is 12.4. The van der Waals surface area contributed by atoms with Gasteiger partial charge in [-0.2, -0.15) is 18.3 Å². The molecule has 0 aromatic heterocycles. The van der Waals surface area contributed by atoms with Gasteiger partial charge in [-0.1, -0.05) is 22.0 Å². The Bertz CT molecular complexity index is 459. The van der Waals surface area contributed by atoms with Gasteiger partial charge in [0, 0.05) is 10.0 Å². The lowest BCUT2D eigenvalue weighted by Gasteiger charge is -2.07. The van der Waals surface area contributed by atoms with Crippen molar-refractivity contribution in [3.8, 4) is 0 Å².